The van der Waals surface area contributed by atoms with Gasteiger partial charge < -0.3 is 20.3 Å². The smallest absolute Gasteiger partial charge is 0.230 e. The largest absolute Gasteiger partial charge is 0.381 e. The molecule has 2 saturated heterocycles. The average molecular weight is 283 g/mol. The summed E-state index contributed by atoms with van der Waals surface area (Å²) in [6, 6.07) is 0.882. The first-order chi connectivity index (χ1) is 9.50. The van der Waals surface area contributed by atoms with Crippen LogP contribution in [0.5, 0.6) is 0 Å². The Hall–Kier alpha value is -0.650. The maximum Gasteiger partial charge on any atom is 0.230 e. The molecule has 116 valence electrons. The van der Waals surface area contributed by atoms with E-state index in [0.29, 0.717) is 31.8 Å². The van der Waals surface area contributed by atoms with Gasteiger partial charge in [0.2, 0.25) is 5.91 Å². The van der Waals surface area contributed by atoms with Gasteiger partial charge in [0.05, 0.1) is 5.41 Å². The first-order valence-corrected chi connectivity index (χ1v) is 7.75. The van der Waals surface area contributed by atoms with Crippen molar-refractivity contribution in [1.29, 1.82) is 0 Å². The van der Waals surface area contributed by atoms with E-state index in [4.69, 9.17) is 10.5 Å². The fraction of sp³-hybridized carbons (Fsp3) is 0.933. The van der Waals surface area contributed by atoms with Crippen molar-refractivity contribution in [1.82, 2.24) is 9.80 Å². The number of hydrogen-bond acceptors (Lipinski definition) is 4. The SMILES string of the molecule is CC1CC(N(C)C(=O)C2(CN)CCOCC2)CCN1C. The summed E-state index contributed by atoms with van der Waals surface area (Å²) in [5.74, 6) is 0.227. The molecule has 1 amide bonds. The fourth-order valence-electron chi connectivity index (χ4n) is 3.42. The lowest BCUT2D eigenvalue weighted by Crippen LogP contribution is -2.55. The van der Waals surface area contributed by atoms with Crippen LogP contribution in [0.4, 0.5) is 0 Å². The van der Waals surface area contributed by atoms with Crippen LogP contribution in [-0.2, 0) is 9.53 Å². The van der Waals surface area contributed by atoms with Gasteiger partial charge in [0.15, 0.2) is 0 Å². The van der Waals surface area contributed by atoms with Gasteiger partial charge >= 0.3 is 0 Å². The molecule has 0 aromatic carbocycles. The molecule has 0 aliphatic carbocycles. The summed E-state index contributed by atoms with van der Waals surface area (Å²) in [6.45, 7) is 5.03. The number of amides is 1. The summed E-state index contributed by atoms with van der Waals surface area (Å²) in [7, 11) is 4.11. The van der Waals surface area contributed by atoms with Crippen LogP contribution in [0.1, 0.15) is 32.6 Å². The molecule has 2 aliphatic heterocycles. The van der Waals surface area contributed by atoms with Crippen molar-refractivity contribution < 1.29 is 9.53 Å². The van der Waals surface area contributed by atoms with Gasteiger partial charge in [0.1, 0.15) is 0 Å². The number of likely N-dealkylation sites (tertiary alicyclic amines) is 1. The van der Waals surface area contributed by atoms with Crippen molar-refractivity contribution in [2.45, 2.75) is 44.7 Å². The lowest BCUT2D eigenvalue weighted by molar-refractivity contribution is -0.149. The van der Waals surface area contributed by atoms with Crippen LogP contribution in [0.25, 0.3) is 0 Å². The molecule has 20 heavy (non-hydrogen) atoms. The number of nitrogens with two attached hydrogens (primary N) is 1. The van der Waals surface area contributed by atoms with Crippen LogP contribution >= 0.6 is 0 Å². The molecule has 2 rings (SSSR count). The van der Waals surface area contributed by atoms with Crippen LogP contribution < -0.4 is 5.73 Å². The van der Waals surface area contributed by atoms with E-state index in [1.807, 2.05) is 11.9 Å². The van der Waals surface area contributed by atoms with Crippen molar-refractivity contribution in [3.05, 3.63) is 0 Å². The zero-order valence-corrected chi connectivity index (χ0v) is 13.1. The number of piperidine rings is 1. The summed E-state index contributed by atoms with van der Waals surface area (Å²) >= 11 is 0. The molecule has 2 atom stereocenters. The molecule has 2 N–H and O–H groups in total. The maximum absolute atomic E-state index is 12.9. The van der Waals surface area contributed by atoms with E-state index in [1.165, 1.54) is 0 Å². The quantitative estimate of drug-likeness (QED) is 0.827. The van der Waals surface area contributed by atoms with Gasteiger partial charge in [-0.15, -0.1) is 0 Å². The van der Waals surface area contributed by atoms with Crippen LogP contribution in [-0.4, -0.2) is 68.2 Å². The van der Waals surface area contributed by atoms with E-state index in [9.17, 15) is 4.79 Å². The Balaban J connectivity index is 2.03. The van der Waals surface area contributed by atoms with E-state index in [0.717, 1.165) is 32.2 Å². The standard InChI is InChI=1S/C15H29N3O2/c1-12-10-13(4-7-17(12)2)18(3)14(19)15(11-16)5-8-20-9-6-15/h12-13H,4-11,16H2,1-3H3. The summed E-state index contributed by atoms with van der Waals surface area (Å²) in [6.07, 6.45) is 3.62. The van der Waals surface area contributed by atoms with E-state index in [-0.39, 0.29) is 11.3 Å². The van der Waals surface area contributed by atoms with Gasteiger partial charge in [-0.1, -0.05) is 0 Å². The van der Waals surface area contributed by atoms with Crippen LogP contribution in [0, 0.1) is 5.41 Å². The maximum atomic E-state index is 12.9. The predicted molar refractivity (Wildman–Crippen MR) is 79.4 cm³/mol. The van der Waals surface area contributed by atoms with Crippen LogP contribution in [0.3, 0.4) is 0 Å². The van der Waals surface area contributed by atoms with Gasteiger partial charge in [-0.25, -0.2) is 0 Å². The van der Waals surface area contributed by atoms with Gasteiger partial charge in [0.25, 0.3) is 0 Å². The number of carbonyl (C=O) groups is 1. The predicted octanol–water partition coefficient (Wildman–Crippen LogP) is 0.683. The molecular weight excluding hydrogens is 254 g/mol. The Morgan fingerprint density at radius 3 is 2.65 bits per heavy atom. The molecule has 0 saturated carbocycles. The highest BCUT2D eigenvalue weighted by Crippen LogP contribution is 2.33. The van der Waals surface area contributed by atoms with E-state index >= 15 is 0 Å². The van der Waals surface area contributed by atoms with Gasteiger partial charge in [-0.05, 0) is 39.7 Å². The molecule has 5 heteroatoms. The third-order valence-electron chi connectivity index (χ3n) is 5.34. The highest BCUT2D eigenvalue weighted by molar-refractivity contribution is 5.83. The van der Waals surface area contributed by atoms with Crippen molar-refractivity contribution in [2.75, 3.05) is 40.4 Å². The summed E-state index contributed by atoms with van der Waals surface area (Å²) in [4.78, 5) is 17.3. The molecule has 2 aliphatic rings. The Kier molecular flexibility index (Phi) is 5.04. The molecule has 2 fully saturated rings. The monoisotopic (exact) mass is 283 g/mol. The number of carbonyl (C=O) groups excluding carboxylic acids is 1. The van der Waals surface area contributed by atoms with Crippen molar-refractivity contribution in [3.8, 4) is 0 Å². The topological polar surface area (TPSA) is 58.8 Å². The zero-order valence-electron chi connectivity index (χ0n) is 13.1. The van der Waals surface area contributed by atoms with Gasteiger partial charge in [0, 0.05) is 45.4 Å². The number of hydrogen-bond donors (Lipinski definition) is 1. The Morgan fingerprint density at radius 2 is 2.10 bits per heavy atom. The molecule has 2 unspecified atom stereocenters. The van der Waals surface area contributed by atoms with E-state index in [2.05, 4.69) is 18.9 Å². The van der Waals surface area contributed by atoms with E-state index in [1.54, 1.807) is 0 Å². The second kappa shape index (κ2) is 6.41. The van der Waals surface area contributed by atoms with Crippen LogP contribution in [0.2, 0.25) is 0 Å². The summed E-state index contributed by atoms with van der Waals surface area (Å²) in [5.41, 5.74) is 5.56. The van der Waals surface area contributed by atoms with Crippen molar-refractivity contribution in [3.63, 3.8) is 0 Å². The molecule has 0 radical (unpaired) electrons. The molecular formula is C15H29N3O2. The molecule has 0 spiro atoms. The van der Waals surface area contributed by atoms with Gasteiger partial charge in [-0.3, -0.25) is 4.79 Å². The lowest BCUT2D eigenvalue weighted by Gasteiger charge is -2.44. The molecule has 0 aromatic rings. The molecule has 5 nitrogen and oxygen atoms in total. The first kappa shape index (κ1) is 15.7. The summed E-state index contributed by atoms with van der Waals surface area (Å²) < 4.78 is 5.40. The Morgan fingerprint density at radius 1 is 1.45 bits per heavy atom. The zero-order chi connectivity index (χ0) is 14.8. The number of nitrogens with zero attached hydrogens (tertiary/aromatic N) is 2. The minimum Gasteiger partial charge on any atom is -0.381 e. The third-order valence-corrected chi connectivity index (χ3v) is 5.34. The molecule has 0 bridgehead atoms. The van der Waals surface area contributed by atoms with E-state index < -0.39 is 0 Å². The Labute approximate surface area is 122 Å². The number of ether oxygens (including phenoxy) is 1. The average Bonchev–Trinajstić information content (AvgIpc) is 2.49. The highest BCUT2D eigenvalue weighted by atomic mass is 16.5. The summed E-state index contributed by atoms with van der Waals surface area (Å²) in [5, 5.41) is 0. The second-order valence-electron chi connectivity index (χ2n) is 6.52. The minimum absolute atomic E-state index is 0.227. The van der Waals surface area contributed by atoms with Gasteiger partial charge in [-0.2, -0.15) is 0 Å². The third kappa shape index (κ3) is 3.00. The fourth-order valence-corrected chi connectivity index (χ4v) is 3.42. The number of rotatable bonds is 3. The van der Waals surface area contributed by atoms with Crippen LogP contribution in [0.15, 0.2) is 0 Å². The normalized spacial score (nSPS) is 31.0. The Bertz CT molecular complexity index is 342. The second-order valence-corrected chi connectivity index (χ2v) is 6.52. The van der Waals surface area contributed by atoms with Crippen molar-refractivity contribution >= 4 is 5.91 Å². The molecule has 2 heterocycles. The van der Waals surface area contributed by atoms with Crippen molar-refractivity contribution in [2.24, 2.45) is 11.1 Å². The lowest BCUT2D eigenvalue weighted by atomic mass is 9.78. The highest BCUT2D eigenvalue weighted by Gasteiger charge is 2.42. The molecule has 0 aromatic heterocycles. The first-order valence-electron chi connectivity index (χ1n) is 7.75. The minimum atomic E-state index is -0.389.